The molecule has 2 aromatic rings. The van der Waals surface area contributed by atoms with Crippen molar-refractivity contribution < 1.29 is 42.2 Å². The third-order valence-electron chi connectivity index (χ3n) is 6.80. The maximum atomic E-state index is 15.8. The Hall–Kier alpha value is -3.54. The van der Waals surface area contributed by atoms with Gasteiger partial charge in [-0.1, -0.05) is 55.1 Å². The van der Waals surface area contributed by atoms with Gasteiger partial charge in [0.1, 0.15) is 24.0 Å². The van der Waals surface area contributed by atoms with Gasteiger partial charge in [0.25, 0.3) is 0 Å². The van der Waals surface area contributed by atoms with E-state index in [1.165, 1.54) is 19.2 Å². The molecule has 1 saturated heterocycles. The first kappa shape index (κ1) is 32.4. The lowest BCUT2D eigenvalue weighted by Gasteiger charge is -2.33. The first-order chi connectivity index (χ1) is 20.3. The number of hydrogen-bond donors (Lipinski definition) is 3. The highest BCUT2D eigenvalue weighted by atomic mass is 31.2. The molecule has 2 aromatic carbocycles. The van der Waals surface area contributed by atoms with Crippen molar-refractivity contribution in [2.45, 2.75) is 70.4 Å². The number of carbonyl (C=O) groups is 2. The molecule has 13 heteroatoms. The summed E-state index contributed by atoms with van der Waals surface area (Å²) in [5, 5.41) is 15.9. The molecule has 2 amide bonds. The number of hydrogen-bond acceptors (Lipinski definition) is 8. The van der Waals surface area contributed by atoms with Crippen LogP contribution >= 0.6 is 7.75 Å². The van der Waals surface area contributed by atoms with E-state index in [2.05, 4.69) is 17.0 Å². The molecule has 0 aromatic heterocycles. The van der Waals surface area contributed by atoms with Crippen molar-refractivity contribution >= 4 is 19.7 Å². The van der Waals surface area contributed by atoms with Gasteiger partial charge in [-0.2, -0.15) is 5.09 Å². The van der Waals surface area contributed by atoms with Gasteiger partial charge in [0.2, 0.25) is 0 Å². The number of esters is 1. The van der Waals surface area contributed by atoms with E-state index in [0.29, 0.717) is 17.7 Å². The van der Waals surface area contributed by atoms with E-state index in [1.54, 1.807) is 38.1 Å². The summed E-state index contributed by atoms with van der Waals surface area (Å²) in [5.74, 6) is -0.471. The van der Waals surface area contributed by atoms with Gasteiger partial charge < -0.3 is 24.4 Å². The lowest BCUT2D eigenvalue weighted by Crippen LogP contribution is -2.53. The fourth-order valence-electron chi connectivity index (χ4n) is 4.59. The minimum Gasteiger partial charge on any atom is -0.462 e. The Bertz CT molecular complexity index is 1400. The molecule has 232 valence electrons. The van der Waals surface area contributed by atoms with Crippen LogP contribution in [0.2, 0.25) is 0 Å². The number of aliphatic hydroxyl groups excluding tert-OH is 1. The number of halogens is 1. The monoisotopic (exact) mass is 617 g/mol. The van der Waals surface area contributed by atoms with Crippen molar-refractivity contribution in [2.24, 2.45) is 0 Å². The van der Waals surface area contributed by atoms with E-state index in [1.807, 2.05) is 30.3 Å². The fourth-order valence-corrected chi connectivity index (χ4v) is 6.13. The second kappa shape index (κ2) is 13.4. The van der Waals surface area contributed by atoms with Crippen molar-refractivity contribution in [3.05, 3.63) is 90.3 Å². The molecule has 0 bridgehead atoms. The van der Waals surface area contributed by atoms with Gasteiger partial charge in [-0.05, 0) is 51.0 Å². The summed E-state index contributed by atoms with van der Waals surface area (Å²) in [6.45, 7) is 8.89. The van der Waals surface area contributed by atoms with Crippen LogP contribution in [0.15, 0.2) is 79.1 Å². The summed E-state index contributed by atoms with van der Waals surface area (Å²) < 4.78 is 52.5. The number of amides is 2. The van der Waals surface area contributed by atoms with Crippen LogP contribution in [0, 0.1) is 0 Å². The zero-order valence-corrected chi connectivity index (χ0v) is 25.3. The van der Waals surface area contributed by atoms with Crippen LogP contribution < -0.4 is 14.9 Å². The first-order valence-electron chi connectivity index (χ1n) is 13.8. The predicted octanol–water partition coefficient (Wildman–Crippen LogP) is 4.58. The first-order valence-corrected chi connectivity index (χ1v) is 15.4. The van der Waals surface area contributed by atoms with Crippen LogP contribution in [-0.2, 0) is 29.8 Å². The van der Waals surface area contributed by atoms with E-state index < -0.39 is 62.6 Å². The summed E-state index contributed by atoms with van der Waals surface area (Å²) >= 11 is 0. The van der Waals surface area contributed by atoms with Crippen molar-refractivity contribution in [3.8, 4) is 5.75 Å². The number of nitrogens with one attached hydrogen (secondary N) is 2. The van der Waals surface area contributed by atoms with Gasteiger partial charge in [0.15, 0.2) is 11.9 Å². The average molecular weight is 618 g/mol. The van der Waals surface area contributed by atoms with Crippen molar-refractivity contribution in [2.75, 3.05) is 6.61 Å². The van der Waals surface area contributed by atoms with Crippen LogP contribution in [-0.4, -0.2) is 64.9 Å². The molecule has 43 heavy (non-hydrogen) atoms. The zero-order valence-electron chi connectivity index (χ0n) is 24.4. The smallest absolute Gasteiger partial charge is 0.459 e. The molecule has 2 aliphatic heterocycles. The maximum absolute atomic E-state index is 15.8. The summed E-state index contributed by atoms with van der Waals surface area (Å²) in [6.07, 6.45) is -1.89. The summed E-state index contributed by atoms with van der Waals surface area (Å²) in [4.78, 5) is 26.0. The third kappa shape index (κ3) is 7.90. The summed E-state index contributed by atoms with van der Waals surface area (Å²) in [6, 6.07) is 14.7. The van der Waals surface area contributed by atoms with Crippen molar-refractivity contribution in [3.63, 3.8) is 0 Å². The predicted molar refractivity (Wildman–Crippen MR) is 157 cm³/mol. The number of ether oxygens (including phenoxy) is 2. The summed E-state index contributed by atoms with van der Waals surface area (Å²) in [7, 11) is -4.40. The standard InChI is InChI=1S/C30H37FN3O8P/c1-19(2)40-27(36)21(4)33-43(38,42-24-14-10-9-13-23(24)17-22-11-7-6-8-12-22)39-18-25-26(35)30(5,31)28(41-25)34-16-15-20(3)32-29(34)37/h6-16,19,21,25-26,28,35H,3,17-18H2,1-2,4-5H3,(H,32,37)(H,33,38)/t21-,25+,26+,28+,30+,43?/m0/s1. The van der Waals surface area contributed by atoms with E-state index in [9.17, 15) is 19.3 Å². The normalized spacial score (nSPS) is 25.7. The van der Waals surface area contributed by atoms with Crippen LogP contribution in [0.25, 0.3) is 0 Å². The van der Waals surface area contributed by atoms with E-state index in [0.717, 1.165) is 17.4 Å². The highest BCUT2D eigenvalue weighted by Gasteiger charge is 2.57. The molecule has 0 radical (unpaired) electrons. The SMILES string of the molecule is C=C1C=CN([C@@H]2O[C@H](COP(=O)(N[C@@H](C)C(=O)OC(C)C)Oc3ccccc3Cc3ccccc3)[C@@H](O)[C@@]2(C)F)C(=O)N1. The molecule has 0 spiro atoms. The van der Waals surface area contributed by atoms with Crippen LogP contribution in [0.1, 0.15) is 38.8 Å². The third-order valence-corrected chi connectivity index (χ3v) is 8.43. The lowest BCUT2D eigenvalue weighted by molar-refractivity contribution is -0.149. The van der Waals surface area contributed by atoms with Crippen LogP contribution in [0.4, 0.5) is 9.18 Å². The Labute approximate surface area is 250 Å². The highest BCUT2D eigenvalue weighted by molar-refractivity contribution is 7.52. The maximum Gasteiger partial charge on any atom is 0.459 e. The molecule has 6 atom stereocenters. The van der Waals surface area contributed by atoms with Gasteiger partial charge in [-0.15, -0.1) is 0 Å². The molecular weight excluding hydrogens is 580 g/mol. The minimum absolute atomic E-state index is 0.225. The number of allylic oxidation sites excluding steroid dienone is 1. The number of alkyl halides is 1. The second-order valence-corrected chi connectivity index (χ2v) is 12.5. The van der Waals surface area contributed by atoms with Gasteiger partial charge in [-0.25, -0.2) is 13.8 Å². The fraction of sp³-hybridized carbons (Fsp3) is 0.400. The molecule has 11 nitrogen and oxygen atoms in total. The number of rotatable bonds is 12. The van der Waals surface area contributed by atoms with Crippen molar-refractivity contribution in [1.82, 2.24) is 15.3 Å². The highest BCUT2D eigenvalue weighted by Crippen LogP contribution is 2.47. The van der Waals surface area contributed by atoms with Gasteiger partial charge in [0, 0.05) is 18.3 Å². The summed E-state index contributed by atoms with van der Waals surface area (Å²) in [5.41, 5.74) is -0.452. The number of carbonyl (C=O) groups excluding carboxylic acids is 2. The zero-order chi connectivity index (χ0) is 31.4. The molecule has 2 aliphatic rings. The lowest BCUT2D eigenvalue weighted by atomic mass is 9.98. The Balaban J connectivity index is 1.56. The number of para-hydroxylation sites is 1. The number of aliphatic hydroxyl groups is 1. The molecule has 0 saturated carbocycles. The molecule has 4 rings (SSSR count). The van der Waals surface area contributed by atoms with Gasteiger partial charge >= 0.3 is 19.7 Å². The molecule has 0 aliphatic carbocycles. The Morgan fingerprint density at radius 3 is 2.56 bits per heavy atom. The largest absolute Gasteiger partial charge is 0.462 e. The second-order valence-electron chi connectivity index (χ2n) is 10.8. The van der Waals surface area contributed by atoms with E-state index in [-0.39, 0.29) is 5.75 Å². The number of urea groups is 1. The molecular formula is C30H37FN3O8P. The van der Waals surface area contributed by atoms with Crippen LogP contribution in [0.3, 0.4) is 0 Å². The number of benzene rings is 2. The Kier molecular flexibility index (Phi) is 10.1. The Morgan fingerprint density at radius 2 is 1.88 bits per heavy atom. The number of nitrogens with zero attached hydrogens (tertiary/aromatic N) is 1. The average Bonchev–Trinajstić information content (AvgIpc) is 3.16. The van der Waals surface area contributed by atoms with Crippen LogP contribution in [0.5, 0.6) is 5.75 Å². The topological polar surface area (TPSA) is 136 Å². The minimum atomic E-state index is -4.40. The van der Waals surface area contributed by atoms with Gasteiger partial charge in [0.05, 0.1) is 12.7 Å². The van der Waals surface area contributed by atoms with E-state index >= 15 is 4.39 Å². The molecule has 3 N–H and O–H groups in total. The molecule has 1 fully saturated rings. The quantitative estimate of drug-likeness (QED) is 0.231. The van der Waals surface area contributed by atoms with E-state index in [4.69, 9.17) is 18.5 Å². The Morgan fingerprint density at radius 1 is 1.21 bits per heavy atom. The van der Waals surface area contributed by atoms with Crippen molar-refractivity contribution in [1.29, 1.82) is 0 Å². The molecule has 1 unspecified atom stereocenters. The molecule has 2 heterocycles. The van der Waals surface area contributed by atoms with Gasteiger partial charge in [-0.3, -0.25) is 14.2 Å².